The molecular weight excluding hydrogens is 511 g/mol. The summed E-state index contributed by atoms with van der Waals surface area (Å²) in [7, 11) is 0. The molecule has 0 amide bonds. The molecule has 8 rings (SSSR count). The van der Waals surface area contributed by atoms with Gasteiger partial charge in [0, 0.05) is 16.7 Å². The van der Waals surface area contributed by atoms with E-state index in [4.69, 9.17) is 4.74 Å². The molecule has 0 spiro atoms. The van der Waals surface area contributed by atoms with Crippen LogP contribution in [0.4, 0.5) is 4.39 Å². The number of halogens is 1. The molecule has 0 aliphatic heterocycles. The van der Waals surface area contributed by atoms with Gasteiger partial charge in [-0.25, -0.2) is 4.39 Å². The van der Waals surface area contributed by atoms with E-state index in [-0.39, 0.29) is 24.1 Å². The normalized spacial score (nSPS) is 53.9. The van der Waals surface area contributed by atoms with Crippen molar-refractivity contribution in [1.29, 1.82) is 0 Å². The number of hydrogen-bond donors (Lipinski definition) is 2. The van der Waals surface area contributed by atoms with Gasteiger partial charge in [0.25, 0.3) is 0 Å². The molecule has 0 radical (unpaired) electrons. The Hall–Kier alpha value is -1.86. The van der Waals surface area contributed by atoms with Crippen LogP contribution in [-0.2, 0) is 19.1 Å². The van der Waals surface area contributed by atoms with E-state index < -0.39 is 57.8 Å². The van der Waals surface area contributed by atoms with Crippen molar-refractivity contribution >= 4 is 17.5 Å². The maximum absolute atomic E-state index is 17.4. The van der Waals surface area contributed by atoms with Crippen LogP contribution in [0.3, 0.4) is 0 Å². The van der Waals surface area contributed by atoms with Crippen molar-refractivity contribution in [2.24, 2.45) is 51.8 Å². The zero-order valence-electron chi connectivity index (χ0n) is 24.0. The van der Waals surface area contributed by atoms with Gasteiger partial charge < -0.3 is 14.9 Å². The van der Waals surface area contributed by atoms with Gasteiger partial charge in [0.15, 0.2) is 18.1 Å². The lowest BCUT2D eigenvalue weighted by atomic mass is 9.44. The van der Waals surface area contributed by atoms with E-state index in [1.165, 1.54) is 31.4 Å². The number of fused-ring (bicyclic) bond motifs is 5. The number of alkyl halides is 1. The number of aliphatic hydroxyl groups is 2. The molecule has 0 heterocycles. The molecule has 40 heavy (non-hydrogen) atoms. The molecule has 7 saturated carbocycles. The van der Waals surface area contributed by atoms with Gasteiger partial charge in [-0.2, -0.15) is 0 Å². The average molecular weight is 555 g/mol. The summed E-state index contributed by atoms with van der Waals surface area (Å²) in [6.45, 7) is 4.92. The molecule has 6 nitrogen and oxygen atoms in total. The third kappa shape index (κ3) is 3.20. The number of allylic oxidation sites excluding steroid dienone is 4. The van der Waals surface area contributed by atoms with Crippen molar-refractivity contribution in [1.82, 2.24) is 0 Å². The van der Waals surface area contributed by atoms with Crippen molar-refractivity contribution in [3.05, 3.63) is 23.8 Å². The van der Waals surface area contributed by atoms with Gasteiger partial charge in [-0.3, -0.25) is 14.4 Å². The van der Waals surface area contributed by atoms with Gasteiger partial charge in [0.1, 0.15) is 5.60 Å². The largest absolute Gasteiger partial charge is 0.457 e. The van der Waals surface area contributed by atoms with Gasteiger partial charge in [0.05, 0.1) is 11.5 Å². The molecule has 7 fully saturated rings. The van der Waals surface area contributed by atoms with Gasteiger partial charge in [-0.05, 0) is 113 Å². The molecule has 0 saturated heterocycles. The smallest absolute Gasteiger partial charge is 0.312 e. The first-order valence-corrected chi connectivity index (χ1v) is 15.5. The molecule has 0 unspecified atom stereocenters. The minimum Gasteiger partial charge on any atom is -0.457 e. The van der Waals surface area contributed by atoms with E-state index in [2.05, 4.69) is 0 Å². The lowest BCUT2D eigenvalue weighted by Gasteiger charge is -2.62. The summed E-state index contributed by atoms with van der Waals surface area (Å²) < 4.78 is 23.1. The number of rotatable bonds is 4. The third-order valence-corrected chi connectivity index (χ3v) is 13.5. The summed E-state index contributed by atoms with van der Waals surface area (Å²) in [5.74, 6) is -0.674. The molecule has 2 N–H and O–H groups in total. The van der Waals surface area contributed by atoms with Crippen LogP contribution in [0.1, 0.15) is 85.0 Å². The summed E-state index contributed by atoms with van der Waals surface area (Å²) in [4.78, 5) is 39.4. The second-order valence-electron chi connectivity index (χ2n) is 15.4. The topological polar surface area (TPSA) is 101 Å². The lowest BCUT2D eigenvalue weighted by molar-refractivity contribution is -0.220. The summed E-state index contributed by atoms with van der Waals surface area (Å²) in [5, 5.41) is 23.7. The van der Waals surface area contributed by atoms with E-state index in [0.717, 1.165) is 19.3 Å². The Morgan fingerprint density at radius 3 is 2.27 bits per heavy atom. The van der Waals surface area contributed by atoms with Crippen LogP contribution in [0.5, 0.6) is 0 Å². The maximum Gasteiger partial charge on any atom is 0.312 e. The second-order valence-corrected chi connectivity index (χ2v) is 15.4. The Morgan fingerprint density at radius 2 is 1.65 bits per heavy atom. The van der Waals surface area contributed by atoms with E-state index >= 15 is 4.39 Å². The minimum atomic E-state index is -2.02. The predicted octanol–water partition coefficient (Wildman–Crippen LogP) is 4.66. The summed E-state index contributed by atoms with van der Waals surface area (Å²) in [5.41, 5.74) is -5.82. The van der Waals surface area contributed by atoms with Crippen LogP contribution < -0.4 is 0 Å². The van der Waals surface area contributed by atoms with Gasteiger partial charge in [0.2, 0.25) is 5.78 Å². The fraction of sp³-hybridized carbons (Fsp3) is 0.788. The van der Waals surface area contributed by atoms with Crippen molar-refractivity contribution < 1.29 is 33.7 Å². The molecule has 0 aromatic rings. The molecule has 218 valence electrons. The van der Waals surface area contributed by atoms with Gasteiger partial charge in [-0.15, -0.1) is 0 Å². The molecule has 8 atom stereocenters. The lowest BCUT2D eigenvalue weighted by Crippen LogP contribution is -2.69. The Labute approximate surface area is 235 Å². The van der Waals surface area contributed by atoms with E-state index in [1.54, 1.807) is 13.0 Å². The number of aliphatic hydroxyl groups excluding tert-OH is 1. The zero-order valence-corrected chi connectivity index (χ0v) is 24.0. The first-order chi connectivity index (χ1) is 18.8. The Kier molecular flexibility index (Phi) is 5.65. The number of Topliss-reactive ketones (excluding diaryl/α,β-unsaturated/α-hetero) is 1. The molecule has 7 heteroatoms. The van der Waals surface area contributed by atoms with Crippen molar-refractivity contribution in [2.75, 3.05) is 6.61 Å². The number of hydrogen-bond acceptors (Lipinski definition) is 6. The first-order valence-electron chi connectivity index (χ1n) is 15.5. The van der Waals surface area contributed by atoms with Crippen LogP contribution in [0, 0.1) is 51.8 Å². The number of ether oxygens (including phenoxy) is 1. The van der Waals surface area contributed by atoms with Crippen LogP contribution in [0.15, 0.2) is 23.8 Å². The number of carbonyl (C=O) groups is 3. The average Bonchev–Trinajstić information content (AvgIpc) is 3.09. The highest BCUT2D eigenvalue weighted by atomic mass is 19.1. The molecule has 0 aromatic heterocycles. The van der Waals surface area contributed by atoms with Crippen molar-refractivity contribution in [3.8, 4) is 0 Å². The fourth-order valence-electron chi connectivity index (χ4n) is 11.9. The molecule has 8 aliphatic rings. The maximum atomic E-state index is 17.4. The third-order valence-electron chi connectivity index (χ3n) is 13.5. The number of carbonyl (C=O) groups excluding carboxylic acids is 3. The fourth-order valence-corrected chi connectivity index (χ4v) is 11.9. The van der Waals surface area contributed by atoms with Crippen LogP contribution >= 0.6 is 0 Å². The van der Waals surface area contributed by atoms with Gasteiger partial charge in [-0.1, -0.05) is 25.5 Å². The van der Waals surface area contributed by atoms with Crippen molar-refractivity contribution in [2.45, 2.75) is 102 Å². The van der Waals surface area contributed by atoms with Gasteiger partial charge >= 0.3 is 5.97 Å². The SMILES string of the molecule is C[C@H]1C[C@@H]2[C@H]3CCC4=CC(=O)C=C[C@]4(C)[C@]3(F)[C@@H](O)C[C@@]2(C)[C@]1(O)C(=O)COC(=O)C12CC3CC(CC(C3)C1)C2. The zero-order chi connectivity index (χ0) is 28.5. The molecule has 0 aromatic carbocycles. The Bertz CT molecular complexity index is 1200. The second kappa shape index (κ2) is 8.37. The molecule has 4 bridgehead atoms. The quantitative estimate of drug-likeness (QED) is 0.490. The van der Waals surface area contributed by atoms with Crippen LogP contribution in [0.25, 0.3) is 0 Å². The number of esters is 1. The summed E-state index contributed by atoms with van der Waals surface area (Å²) in [6.07, 6.45) is 10.5. The predicted molar refractivity (Wildman–Crippen MR) is 144 cm³/mol. The highest BCUT2D eigenvalue weighted by Gasteiger charge is 2.75. The number of ketones is 2. The highest BCUT2D eigenvalue weighted by molar-refractivity contribution is 6.01. The van der Waals surface area contributed by atoms with E-state index in [0.29, 0.717) is 42.6 Å². The van der Waals surface area contributed by atoms with Crippen LogP contribution in [0.2, 0.25) is 0 Å². The summed E-state index contributed by atoms with van der Waals surface area (Å²) >= 11 is 0. The summed E-state index contributed by atoms with van der Waals surface area (Å²) in [6, 6.07) is 0. The monoisotopic (exact) mass is 554 g/mol. The Balaban J connectivity index is 1.14. The molecule has 8 aliphatic carbocycles. The van der Waals surface area contributed by atoms with E-state index in [9.17, 15) is 24.6 Å². The molecular formula is C33H43FO6. The first kappa shape index (κ1) is 27.0. The minimum absolute atomic E-state index is 0.0785. The highest BCUT2D eigenvalue weighted by Crippen LogP contribution is 2.70. The standard InChI is InChI=1S/C33H43FO6/c1-18-8-25-24-5-4-22-12-23(35)6-7-29(22,2)32(24,34)26(36)16-30(25,3)33(18,39)27(37)17-40-28(38)31-13-19-9-20(14-31)11-21(10-19)15-31/h6-7,12,18-21,24-26,36,39H,4-5,8-11,13-17H2,1-3H3/t18-,19?,20?,21?,24+,25+,26-,29-,30+,31?,32+,33+/m0/s1. The van der Waals surface area contributed by atoms with E-state index in [1.807, 2.05) is 13.8 Å². The van der Waals surface area contributed by atoms with Crippen LogP contribution in [-0.4, -0.2) is 51.7 Å². The van der Waals surface area contributed by atoms with Crippen molar-refractivity contribution in [3.63, 3.8) is 0 Å². The Morgan fingerprint density at radius 1 is 1.02 bits per heavy atom.